The first-order chi connectivity index (χ1) is 22.0. The van der Waals surface area contributed by atoms with Crippen LogP contribution in [0.2, 0.25) is 0 Å². The van der Waals surface area contributed by atoms with Gasteiger partial charge in [0, 0.05) is 32.3 Å². The molecule has 13 heteroatoms. The second-order valence-electron chi connectivity index (χ2n) is 13.7. The van der Waals surface area contributed by atoms with Gasteiger partial charge in [0.15, 0.2) is 0 Å². The average molecular weight is 655 g/mol. The van der Waals surface area contributed by atoms with E-state index in [9.17, 15) is 28.0 Å². The molecule has 1 aromatic heterocycles. The topological polar surface area (TPSA) is 133 Å². The molecule has 2 N–H and O–H groups in total. The standard InChI is InChI=1S/C34H44F2N6O5/c1-32(2,3)47-31(46)39-33(4,5)29(44)38-25(17-11-15-23-14-10-16-24(37-23)27(35)36)28(43)42-19-18-26-34(21-42,30(45)41(6)40-26)20-22-12-8-7-9-13-22/h7-10,12-14,16,25,27H,11,15,17-21H2,1-6H3,(H,38,44)(H,39,46)/t25-,34-/m1/s1. The third-order valence-corrected chi connectivity index (χ3v) is 8.23. The molecular formula is C34H44F2N6O5. The summed E-state index contributed by atoms with van der Waals surface area (Å²) in [5.41, 5.74) is -1.54. The molecule has 4 rings (SSSR count). The zero-order valence-electron chi connectivity index (χ0n) is 27.8. The highest BCUT2D eigenvalue weighted by molar-refractivity contribution is 6.13. The number of halogens is 2. The molecule has 2 aromatic rings. The summed E-state index contributed by atoms with van der Waals surface area (Å²) in [6.07, 6.45) is -1.98. The largest absolute Gasteiger partial charge is 0.444 e. The van der Waals surface area contributed by atoms with Crippen LogP contribution < -0.4 is 10.6 Å². The van der Waals surface area contributed by atoms with Gasteiger partial charge in [0.25, 0.3) is 12.3 Å². The van der Waals surface area contributed by atoms with Crippen LogP contribution in [-0.2, 0) is 32.0 Å². The molecule has 1 fully saturated rings. The number of amides is 4. The van der Waals surface area contributed by atoms with Crippen molar-refractivity contribution in [3.05, 3.63) is 65.5 Å². The van der Waals surface area contributed by atoms with Crippen LogP contribution in [0.4, 0.5) is 13.6 Å². The zero-order chi connectivity index (χ0) is 34.6. The van der Waals surface area contributed by atoms with Gasteiger partial charge in [-0.2, -0.15) is 5.10 Å². The first-order valence-corrected chi connectivity index (χ1v) is 15.8. The fraction of sp³-hybridized carbons (Fsp3) is 0.529. The highest BCUT2D eigenvalue weighted by Crippen LogP contribution is 2.38. The summed E-state index contributed by atoms with van der Waals surface area (Å²) in [6, 6.07) is 12.9. The summed E-state index contributed by atoms with van der Waals surface area (Å²) in [6.45, 7) is 8.47. The van der Waals surface area contributed by atoms with E-state index in [1.165, 1.54) is 31.0 Å². The number of carbonyl (C=O) groups excluding carboxylic acids is 4. The van der Waals surface area contributed by atoms with Crippen molar-refractivity contribution in [3.8, 4) is 0 Å². The summed E-state index contributed by atoms with van der Waals surface area (Å²) >= 11 is 0. The van der Waals surface area contributed by atoms with Crippen LogP contribution in [-0.4, -0.2) is 81.7 Å². The maximum Gasteiger partial charge on any atom is 0.408 e. The van der Waals surface area contributed by atoms with Crippen molar-refractivity contribution in [1.29, 1.82) is 0 Å². The highest BCUT2D eigenvalue weighted by atomic mass is 19.3. The molecular weight excluding hydrogens is 610 g/mol. The van der Waals surface area contributed by atoms with Crippen LogP contribution in [0, 0.1) is 5.41 Å². The van der Waals surface area contributed by atoms with Crippen molar-refractivity contribution >= 4 is 29.5 Å². The quantitative estimate of drug-likeness (QED) is 0.369. The van der Waals surface area contributed by atoms with Crippen molar-refractivity contribution in [3.63, 3.8) is 0 Å². The third kappa shape index (κ3) is 8.69. The van der Waals surface area contributed by atoms with Gasteiger partial charge in [-0.3, -0.25) is 19.4 Å². The minimum Gasteiger partial charge on any atom is -0.444 e. The van der Waals surface area contributed by atoms with Gasteiger partial charge in [0.05, 0.1) is 5.71 Å². The number of likely N-dealkylation sites (tertiary alicyclic amines) is 1. The van der Waals surface area contributed by atoms with E-state index in [1.54, 1.807) is 38.8 Å². The number of hydrogen-bond donors (Lipinski definition) is 2. The number of fused-ring (bicyclic) bond motifs is 1. The van der Waals surface area contributed by atoms with E-state index in [4.69, 9.17) is 4.74 Å². The van der Waals surface area contributed by atoms with Crippen LogP contribution in [0.1, 0.15) is 77.3 Å². The van der Waals surface area contributed by atoms with E-state index in [2.05, 4.69) is 20.7 Å². The summed E-state index contributed by atoms with van der Waals surface area (Å²) in [5.74, 6) is -1.22. The average Bonchev–Trinajstić information content (AvgIpc) is 3.23. The second kappa shape index (κ2) is 14.1. The maximum absolute atomic E-state index is 14.2. The molecule has 1 aromatic carbocycles. The van der Waals surface area contributed by atoms with Crippen molar-refractivity contribution in [2.75, 3.05) is 20.1 Å². The number of pyridine rings is 1. The fourth-order valence-electron chi connectivity index (χ4n) is 5.89. The normalized spacial score (nSPS) is 18.8. The number of alkyl halides is 2. The smallest absolute Gasteiger partial charge is 0.408 e. The molecule has 4 amide bonds. The SMILES string of the molecule is CN1N=C2CCN(C(=O)[C@@H](CCCc3cccc(C(F)F)n3)NC(=O)C(C)(C)NC(=O)OC(C)(C)C)C[C@@]2(Cc2ccccc2)C1=O. The van der Waals surface area contributed by atoms with E-state index < -0.39 is 46.9 Å². The number of aryl methyl sites for hydroxylation is 1. The van der Waals surface area contributed by atoms with E-state index >= 15 is 0 Å². The van der Waals surface area contributed by atoms with Gasteiger partial charge in [-0.1, -0.05) is 36.4 Å². The van der Waals surface area contributed by atoms with Gasteiger partial charge in [0.1, 0.15) is 28.3 Å². The Labute approximate surface area is 274 Å². The lowest BCUT2D eigenvalue weighted by molar-refractivity contribution is -0.142. The first-order valence-electron chi connectivity index (χ1n) is 15.8. The number of nitrogens with zero attached hydrogens (tertiary/aromatic N) is 4. The number of aromatic nitrogens is 1. The number of piperidine rings is 1. The fourth-order valence-corrected chi connectivity index (χ4v) is 5.89. The Morgan fingerprint density at radius 3 is 2.40 bits per heavy atom. The van der Waals surface area contributed by atoms with Gasteiger partial charge in [-0.05, 0) is 78.0 Å². The molecule has 11 nitrogen and oxygen atoms in total. The molecule has 2 atom stereocenters. The van der Waals surface area contributed by atoms with Crippen LogP contribution in [0.25, 0.3) is 0 Å². The van der Waals surface area contributed by atoms with Crippen LogP contribution >= 0.6 is 0 Å². The second-order valence-corrected chi connectivity index (χ2v) is 13.7. The molecule has 3 heterocycles. The number of hydrogen-bond acceptors (Lipinski definition) is 7. The minimum atomic E-state index is -2.71. The molecule has 2 aliphatic heterocycles. The maximum atomic E-state index is 14.2. The molecule has 1 saturated heterocycles. The van der Waals surface area contributed by atoms with E-state index in [0.29, 0.717) is 37.2 Å². The summed E-state index contributed by atoms with van der Waals surface area (Å²) in [4.78, 5) is 59.5. The number of alkyl carbamates (subject to hydrolysis) is 1. The van der Waals surface area contributed by atoms with Crippen LogP contribution in [0.5, 0.6) is 0 Å². The van der Waals surface area contributed by atoms with Crippen molar-refractivity contribution < 1.29 is 32.7 Å². The third-order valence-electron chi connectivity index (χ3n) is 8.23. The zero-order valence-corrected chi connectivity index (χ0v) is 27.8. The molecule has 0 aliphatic carbocycles. The molecule has 2 aliphatic rings. The van der Waals surface area contributed by atoms with Crippen LogP contribution in [0.15, 0.2) is 53.6 Å². The van der Waals surface area contributed by atoms with Gasteiger partial charge in [-0.15, -0.1) is 0 Å². The predicted molar refractivity (Wildman–Crippen MR) is 171 cm³/mol. The highest BCUT2D eigenvalue weighted by Gasteiger charge is 2.54. The number of carbonyl (C=O) groups is 4. The summed E-state index contributed by atoms with van der Waals surface area (Å²) < 4.78 is 31.8. The van der Waals surface area contributed by atoms with E-state index in [0.717, 1.165) is 5.56 Å². The first kappa shape index (κ1) is 35.4. The van der Waals surface area contributed by atoms with Crippen molar-refractivity contribution in [2.45, 2.75) is 90.3 Å². The van der Waals surface area contributed by atoms with Gasteiger partial charge in [0.2, 0.25) is 11.8 Å². The number of ether oxygens (including phenoxy) is 1. The van der Waals surface area contributed by atoms with Gasteiger partial charge >= 0.3 is 6.09 Å². The Morgan fingerprint density at radius 1 is 1.04 bits per heavy atom. The predicted octanol–water partition coefficient (Wildman–Crippen LogP) is 4.42. The molecule has 0 radical (unpaired) electrons. The van der Waals surface area contributed by atoms with Crippen LogP contribution in [0.3, 0.4) is 0 Å². The summed E-state index contributed by atoms with van der Waals surface area (Å²) in [7, 11) is 1.60. The van der Waals surface area contributed by atoms with E-state index in [1.807, 2.05) is 30.3 Å². The van der Waals surface area contributed by atoms with E-state index in [-0.39, 0.29) is 31.0 Å². The molecule has 0 spiro atoms. The van der Waals surface area contributed by atoms with Crippen molar-refractivity contribution in [1.82, 2.24) is 25.5 Å². The molecule has 254 valence electrons. The van der Waals surface area contributed by atoms with Gasteiger partial charge in [-0.25, -0.2) is 18.6 Å². The Balaban J connectivity index is 1.56. The number of hydrazone groups is 1. The molecule has 0 bridgehead atoms. The molecule has 47 heavy (non-hydrogen) atoms. The van der Waals surface area contributed by atoms with Gasteiger partial charge < -0.3 is 20.3 Å². The molecule has 0 unspecified atom stereocenters. The Bertz CT molecular complexity index is 1510. The molecule has 0 saturated carbocycles. The lowest BCUT2D eigenvalue weighted by Gasteiger charge is -2.41. The Morgan fingerprint density at radius 2 is 1.74 bits per heavy atom. The lowest BCUT2D eigenvalue weighted by Crippen LogP contribution is -2.62. The lowest BCUT2D eigenvalue weighted by atomic mass is 9.73. The number of benzene rings is 1. The Kier molecular flexibility index (Phi) is 10.7. The number of rotatable bonds is 11. The Hall–Kier alpha value is -4.42. The minimum absolute atomic E-state index is 0.0760. The van der Waals surface area contributed by atoms with Crippen molar-refractivity contribution in [2.24, 2.45) is 10.5 Å². The monoisotopic (exact) mass is 654 g/mol. The summed E-state index contributed by atoms with van der Waals surface area (Å²) in [5, 5.41) is 11.2. The number of nitrogens with one attached hydrogen (secondary N) is 2.